The molecule has 0 N–H and O–H groups in total. The molecule has 17 heavy (non-hydrogen) atoms. The van der Waals surface area contributed by atoms with E-state index in [9.17, 15) is 9.59 Å². The molecule has 5 nitrogen and oxygen atoms in total. The highest BCUT2D eigenvalue weighted by molar-refractivity contribution is 5.87. The number of anilines is 1. The molecule has 0 aliphatic heterocycles. The summed E-state index contributed by atoms with van der Waals surface area (Å²) in [6, 6.07) is 8.54. The first-order valence-electron chi connectivity index (χ1n) is 5.25. The van der Waals surface area contributed by atoms with Crippen LogP contribution in [0.25, 0.3) is 0 Å². The quantitative estimate of drug-likeness (QED) is 0.741. The Morgan fingerprint density at radius 3 is 2.24 bits per heavy atom. The Kier molecular flexibility index (Phi) is 4.51. The van der Waals surface area contributed by atoms with Crippen molar-refractivity contribution >= 4 is 17.7 Å². The molecule has 1 aromatic carbocycles. The monoisotopic (exact) mass is 237 g/mol. The molecule has 1 aromatic rings. The van der Waals surface area contributed by atoms with Crippen molar-refractivity contribution in [3.8, 4) is 0 Å². The van der Waals surface area contributed by atoms with Gasteiger partial charge in [0.15, 0.2) is 0 Å². The second-order valence-electron chi connectivity index (χ2n) is 3.65. The van der Waals surface area contributed by atoms with E-state index in [1.165, 1.54) is 6.92 Å². The normalized spacial score (nSPS) is 9.88. The maximum atomic E-state index is 11.7. The van der Waals surface area contributed by atoms with Gasteiger partial charge < -0.3 is 9.57 Å². The number of hydrogen-bond donors (Lipinski definition) is 0. The van der Waals surface area contributed by atoms with E-state index in [4.69, 9.17) is 9.57 Å². The largest absolute Gasteiger partial charge is 0.448 e. The first-order chi connectivity index (χ1) is 8.00. The van der Waals surface area contributed by atoms with E-state index >= 15 is 0 Å². The lowest BCUT2D eigenvalue weighted by Crippen LogP contribution is -2.34. The summed E-state index contributed by atoms with van der Waals surface area (Å²) in [7, 11) is 0. The minimum absolute atomic E-state index is 0.288. The summed E-state index contributed by atoms with van der Waals surface area (Å²) in [6.45, 7) is 4.66. The van der Waals surface area contributed by atoms with E-state index in [2.05, 4.69) is 0 Å². The van der Waals surface area contributed by atoms with Crippen LogP contribution in [0, 0.1) is 0 Å². The smallest absolute Gasteiger partial charge is 0.444 e. The number of benzene rings is 1. The van der Waals surface area contributed by atoms with E-state index in [-0.39, 0.29) is 6.10 Å². The molecule has 0 atom stereocenters. The second-order valence-corrected chi connectivity index (χ2v) is 3.65. The van der Waals surface area contributed by atoms with Gasteiger partial charge in [-0.25, -0.2) is 9.59 Å². The lowest BCUT2D eigenvalue weighted by Gasteiger charge is -2.20. The minimum Gasteiger partial charge on any atom is -0.444 e. The number of hydroxylamine groups is 1. The summed E-state index contributed by atoms with van der Waals surface area (Å²) in [5, 5.41) is 0.836. The van der Waals surface area contributed by atoms with Crippen molar-refractivity contribution in [2.45, 2.75) is 26.9 Å². The Morgan fingerprint density at radius 1 is 1.18 bits per heavy atom. The van der Waals surface area contributed by atoms with Crippen LogP contribution >= 0.6 is 0 Å². The Morgan fingerprint density at radius 2 is 1.76 bits per heavy atom. The summed E-state index contributed by atoms with van der Waals surface area (Å²) in [5.74, 6) is -0.588. The number of nitrogens with zero attached hydrogens (tertiary/aromatic N) is 1. The van der Waals surface area contributed by atoms with Gasteiger partial charge in [0.1, 0.15) is 0 Å². The van der Waals surface area contributed by atoms with Gasteiger partial charge in [-0.2, -0.15) is 0 Å². The van der Waals surface area contributed by atoms with Gasteiger partial charge in [-0.1, -0.05) is 18.2 Å². The van der Waals surface area contributed by atoms with Crippen molar-refractivity contribution in [1.29, 1.82) is 0 Å². The number of para-hydroxylation sites is 1. The zero-order valence-electron chi connectivity index (χ0n) is 10.0. The summed E-state index contributed by atoms with van der Waals surface area (Å²) in [6.07, 6.45) is -1.01. The Bertz CT molecular complexity index is 389. The van der Waals surface area contributed by atoms with Gasteiger partial charge in [-0.3, -0.25) is 0 Å². The Hall–Kier alpha value is -2.04. The number of amides is 1. The van der Waals surface area contributed by atoms with Crippen LogP contribution in [0.1, 0.15) is 20.8 Å². The summed E-state index contributed by atoms with van der Waals surface area (Å²) >= 11 is 0. The highest BCUT2D eigenvalue weighted by Gasteiger charge is 2.21. The van der Waals surface area contributed by atoms with Gasteiger partial charge in [0, 0.05) is 6.92 Å². The van der Waals surface area contributed by atoms with Gasteiger partial charge in [-0.05, 0) is 26.0 Å². The van der Waals surface area contributed by atoms with Gasteiger partial charge in [0.05, 0.1) is 11.8 Å². The van der Waals surface area contributed by atoms with E-state index in [1.807, 2.05) is 0 Å². The fourth-order valence-corrected chi connectivity index (χ4v) is 1.14. The van der Waals surface area contributed by atoms with Gasteiger partial charge in [0.25, 0.3) is 0 Å². The number of carbonyl (C=O) groups excluding carboxylic acids is 2. The number of carbonyl (C=O) groups is 2. The Balaban J connectivity index is 2.88. The number of ether oxygens (including phenoxy) is 1. The van der Waals surface area contributed by atoms with Crippen LogP contribution in [0.5, 0.6) is 0 Å². The van der Waals surface area contributed by atoms with Crippen molar-refractivity contribution in [2.24, 2.45) is 0 Å². The van der Waals surface area contributed by atoms with Crippen LogP contribution in [0.2, 0.25) is 0 Å². The number of rotatable bonds is 2. The van der Waals surface area contributed by atoms with Crippen molar-refractivity contribution in [3.63, 3.8) is 0 Å². The lowest BCUT2D eigenvalue weighted by molar-refractivity contribution is -0.142. The highest BCUT2D eigenvalue weighted by Crippen LogP contribution is 2.15. The third-order valence-electron chi connectivity index (χ3n) is 1.71. The van der Waals surface area contributed by atoms with Gasteiger partial charge >= 0.3 is 12.1 Å². The third kappa shape index (κ3) is 4.14. The SMILES string of the molecule is CC(=O)ON(C(=O)OC(C)C)c1ccccc1. The first kappa shape index (κ1) is 13.0. The molecule has 0 fully saturated rings. The summed E-state index contributed by atoms with van der Waals surface area (Å²) in [5.41, 5.74) is 0.438. The molecule has 0 heterocycles. The average molecular weight is 237 g/mol. The molecule has 1 rings (SSSR count). The molecule has 0 saturated heterocycles. The third-order valence-corrected chi connectivity index (χ3v) is 1.71. The van der Waals surface area contributed by atoms with E-state index < -0.39 is 12.1 Å². The molecular formula is C12H15NO4. The predicted molar refractivity (Wildman–Crippen MR) is 62.3 cm³/mol. The van der Waals surface area contributed by atoms with Crippen LogP contribution in [0.3, 0.4) is 0 Å². The second kappa shape index (κ2) is 5.89. The minimum atomic E-state index is -0.721. The van der Waals surface area contributed by atoms with E-state index in [1.54, 1.807) is 44.2 Å². The van der Waals surface area contributed by atoms with Crippen LogP contribution in [0.15, 0.2) is 30.3 Å². The van der Waals surface area contributed by atoms with Crippen LogP contribution in [0.4, 0.5) is 10.5 Å². The highest BCUT2D eigenvalue weighted by atomic mass is 16.8. The molecular weight excluding hydrogens is 222 g/mol. The molecule has 0 bridgehead atoms. The van der Waals surface area contributed by atoms with Crippen LogP contribution in [-0.2, 0) is 14.4 Å². The number of hydrogen-bond acceptors (Lipinski definition) is 4. The maximum Gasteiger partial charge on any atom is 0.448 e. The zero-order chi connectivity index (χ0) is 12.8. The van der Waals surface area contributed by atoms with Crippen LogP contribution < -0.4 is 5.06 Å². The van der Waals surface area contributed by atoms with Crippen molar-refractivity contribution in [3.05, 3.63) is 30.3 Å². The Labute approximate surface area is 99.9 Å². The zero-order valence-corrected chi connectivity index (χ0v) is 10.0. The molecule has 0 radical (unpaired) electrons. The van der Waals surface area contributed by atoms with Crippen LogP contribution in [-0.4, -0.2) is 18.2 Å². The van der Waals surface area contributed by atoms with Crippen molar-refractivity contribution < 1.29 is 19.2 Å². The molecule has 0 aliphatic carbocycles. The van der Waals surface area contributed by atoms with Crippen molar-refractivity contribution in [1.82, 2.24) is 0 Å². The molecule has 0 spiro atoms. The molecule has 92 valence electrons. The topological polar surface area (TPSA) is 55.8 Å². The first-order valence-corrected chi connectivity index (χ1v) is 5.25. The molecule has 0 unspecified atom stereocenters. The lowest BCUT2D eigenvalue weighted by atomic mass is 10.3. The molecule has 0 saturated carbocycles. The molecule has 0 aromatic heterocycles. The van der Waals surface area contributed by atoms with Gasteiger partial charge in [-0.15, -0.1) is 5.06 Å². The fourth-order valence-electron chi connectivity index (χ4n) is 1.14. The maximum absolute atomic E-state index is 11.7. The van der Waals surface area contributed by atoms with E-state index in [0.29, 0.717) is 5.69 Å². The average Bonchev–Trinajstić information content (AvgIpc) is 2.25. The van der Waals surface area contributed by atoms with Gasteiger partial charge in [0.2, 0.25) is 0 Å². The fraction of sp³-hybridized carbons (Fsp3) is 0.333. The summed E-state index contributed by atoms with van der Waals surface area (Å²) < 4.78 is 4.98. The van der Waals surface area contributed by atoms with Crippen molar-refractivity contribution in [2.75, 3.05) is 5.06 Å². The standard InChI is InChI=1S/C12H15NO4/c1-9(2)16-12(15)13(17-10(3)14)11-7-5-4-6-8-11/h4-9H,1-3H3. The predicted octanol–water partition coefficient (Wildman–Crippen LogP) is 2.52. The molecule has 0 aliphatic rings. The molecule has 5 heteroatoms. The summed E-state index contributed by atoms with van der Waals surface area (Å²) in [4.78, 5) is 27.5. The van der Waals surface area contributed by atoms with E-state index in [0.717, 1.165) is 5.06 Å². The molecule has 1 amide bonds.